The van der Waals surface area contributed by atoms with E-state index in [0.717, 1.165) is 24.3 Å². The molecule has 1 aliphatic carbocycles. The quantitative estimate of drug-likeness (QED) is 0.817. The average Bonchev–Trinajstić information content (AvgIpc) is 3.00. The number of nitrogens with one attached hydrogen (secondary N) is 1. The second-order valence-electron chi connectivity index (χ2n) is 7.29. The van der Waals surface area contributed by atoms with Crippen LogP contribution in [0.1, 0.15) is 31.7 Å². The fourth-order valence-electron chi connectivity index (χ4n) is 3.26. The number of sulfonamides is 1. The Morgan fingerprint density at radius 2 is 2.04 bits per heavy atom. The minimum atomic E-state index is -3.18. The van der Waals surface area contributed by atoms with E-state index in [1.54, 1.807) is 0 Å². The summed E-state index contributed by atoms with van der Waals surface area (Å²) in [4.78, 5) is 0. The van der Waals surface area contributed by atoms with Crippen LogP contribution in [0.25, 0.3) is 0 Å². The number of hydrogen-bond acceptors (Lipinski definition) is 5. The fourth-order valence-corrected chi connectivity index (χ4v) is 4.18. The molecular weight excluding hydrogens is 340 g/mol. The van der Waals surface area contributed by atoms with E-state index in [-0.39, 0.29) is 11.5 Å². The van der Waals surface area contributed by atoms with Crippen LogP contribution in [0.2, 0.25) is 0 Å². The highest BCUT2D eigenvalue weighted by Gasteiger charge is 2.49. The van der Waals surface area contributed by atoms with Crippen LogP contribution in [0.15, 0.2) is 40.9 Å². The van der Waals surface area contributed by atoms with Crippen LogP contribution in [-0.4, -0.2) is 25.9 Å². The van der Waals surface area contributed by atoms with Gasteiger partial charge in [0.2, 0.25) is 10.0 Å². The van der Waals surface area contributed by atoms with Crippen molar-refractivity contribution in [3.8, 4) is 5.75 Å². The molecule has 2 atom stereocenters. The summed E-state index contributed by atoms with van der Waals surface area (Å²) < 4.78 is 36.6. The number of ether oxygens (including phenoxy) is 1. The van der Waals surface area contributed by atoms with E-state index < -0.39 is 10.0 Å². The predicted octanol–water partition coefficient (Wildman–Crippen LogP) is 2.76. The largest absolute Gasteiger partial charge is 0.486 e. The van der Waals surface area contributed by atoms with Gasteiger partial charge in [-0.25, -0.2) is 13.1 Å². The monoisotopic (exact) mass is 364 g/mol. The van der Waals surface area contributed by atoms with Gasteiger partial charge >= 0.3 is 0 Å². The highest BCUT2D eigenvalue weighted by molar-refractivity contribution is 7.88. The second-order valence-corrected chi connectivity index (χ2v) is 9.07. The third-order valence-corrected chi connectivity index (χ3v) is 5.73. The van der Waals surface area contributed by atoms with Gasteiger partial charge in [-0.3, -0.25) is 0 Å². The Labute approximate surface area is 148 Å². The van der Waals surface area contributed by atoms with Crippen molar-refractivity contribution < 1.29 is 17.7 Å². The van der Waals surface area contributed by atoms with Crippen molar-refractivity contribution in [3.63, 3.8) is 0 Å². The van der Waals surface area contributed by atoms with Gasteiger partial charge in [0.25, 0.3) is 0 Å². The molecule has 1 fully saturated rings. The van der Waals surface area contributed by atoms with Gasteiger partial charge in [0, 0.05) is 12.1 Å². The zero-order chi connectivity index (χ0) is 18.1. The molecule has 1 saturated carbocycles. The van der Waals surface area contributed by atoms with Crippen molar-refractivity contribution in [3.05, 3.63) is 47.9 Å². The molecule has 6 nitrogen and oxygen atoms in total. The molecule has 3 rings (SSSR count). The lowest BCUT2D eigenvalue weighted by Gasteiger charge is -2.52. The van der Waals surface area contributed by atoms with Crippen LogP contribution in [0.3, 0.4) is 0 Å². The molecule has 1 heterocycles. The Balaban J connectivity index is 1.54. The van der Waals surface area contributed by atoms with Gasteiger partial charge in [-0.2, -0.15) is 0 Å². The van der Waals surface area contributed by atoms with Crippen LogP contribution in [-0.2, 0) is 23.1 Å². The van der Waals surface area contributed by atoms with Gasteiger partial charge in [-0.05, 0) is 36.3 Å². The smallest absolute Gasteiger partial charge is 0.208 e. The van der Waals surface area contributed by atoms with Crippen LogP contribution >= 0.6 is 0 Å². The summed E-state index contributed by atoms with van der Waals surface area (Å²) in [5.74, 6) is 1.83. The van der Waals surface area contributed by atoms with Crippen molar-refractivity contribution >= 4 is 10.0 Å². The zero-order valence-electron chi connectivity index (χ0n) is 14.7. The summed E-state index contributed by atoms with van der Waals surface area (Å²) >= 11 is 0. The third-order valence-electron chi connectivity index (χ3n) is 5.01. The predicted molar refractivity (Wildman–Crippen MR) is 94.6 cm³/mol. The molecule has 1 aromatic carbocycles. The maximum Gasteiger partial charge on any atom is 0.208 e. The molecule has 136 valence electrons. The summed E-state index contributed by atoms with van der Waals surface area (Å²) in [5, 5.41) is 4.12. The summed E-state index contributed by atoms with van der Waals surface area (Å²) in [6.45, 7) is 4.51. The normalized spacial score (nSPS) is 22.4. The standard InChI is InChI=1S/C18H24N2O4S/c1-18(2)13(10-17(18)20-25(3,21)22)9-14-11-16(24-19-14)12-23-15-7-5-4-6-8-15/h4-8,11,13,17,20H,9-10,12H2,1-3H3/t13-,17+/m1/s1. The number of benzene rings is 1. The number of hydrogen-bond donors (Lipinski definition) is 1. The minimum Gasteiger partial charge on any atom is -0.486 e. The highest BCUT2D eigenvalue weighted by atomic mass is 32.2. The number of para-hydroxylation sites is 1. The van der Waals surface area contributed by atoms with Crippen molar-refractivity contribution in [1.29, 1.82) is 0 Å². The molecule has 1 aromatic heterocycles. The van der Waals surface area contributed by atoms with Crippen molar-refractivity contribution in [2.45, 2.75) is 39.3 Å². The molecule has 7 heteroatoms. The van der Waals surface area contributed by atoms with E-state index in [9.17, 15) is 8.42 Å². The molecule has 0 unspecified atom stereocenters. The van der Waals surface area contributed by atoms with Gasteiger partial charge in [0.15, 0.2) is 5.76 Å². The lowest BCUT2D eigenvalue weighted by molar-refractivity contribution is 0.0271. The van der Waals surface area contributed by atoms with Gasteiger partial charge in [-0.15, -0.1) is 0 Å². The highest BCUT2D eigenvalue weighted by Crippen LogP contribution is 2.48. The zero-order valence-corrected chi connectivity index (χ0v) is 15.5. The first kappa shape index (κ1) is 17.9. The molecule has 0 spiro atoms. The van der Waals surface area contributed by atoms with E-state index in [2.05, 4.69) is 23.7 Å². The Bertz CT molecular complexity index is 815. The molecule has 0 bridgehead atoms. The van der Waals surface area contributed by atoms with E-state index >= 15 is 0 Å². The Hall–Kier alpha value is -1.86. The van der Waals surface area contributed by atoms with Crippen molar-refractivity contribution in [2.24, 2.45) is 11.3 Å². The molecule has 0 saturated heterocycles. The number of nitrogens with zero attached hydrogens (tertiary/aromatic N) is 1. The lowest BCUT2D eigenvalue weighted by Crippen LogP contribution is -2.58. The Morgan fingerprint density at radius 1 is 1.32 bits per heavy atom. The van der Waals surface area contributed by atoms with Gasteiger partial charge in [0.1, 0.15) is 12.4 Å². The van der Waals surface area contributed by atoms with Crippen molar-refractivity contribution in [2.75, 3.05) is 6.26 Å². The summed E-state index contributed by atoms with van der Waals surface area (Å²) in [6.07, 6.45) is 2.78. The maximum atomic E-state index is 11.4. The number of aromatic nitrogens is 1. The number of rotatable bonds is 7. The maximum absolute atomic E-state index is 11.4. The summed E-state index contributed by atoms with van der Waals surface area (Å²) in [7, 11) is -3.18. The molecule has 1 N–H and O–H groups in total. The van der Waals surface area contributed by atoms with Gasteiger partial charge in [0.05, 0.1) is 11.9 Å². The molecule has 0 aliphatic heterocycles. The topological polar surface area (TPSA) is 81.4 Å². The molecule has 0 amide bonds. The van der Waals surface area contributed by atoms with E-state index in [0.29, 0.717) is 18.3 Å². The Morgan fingerprint density at radius 3 is 2.68 bits per heavy atom. The second kappa shape index (κ2) is 6.80. The first-order valence-electron chi connectivity index (χ1n) is 8.33. The molecular formula is C18H24N2O4S. The van der Waals surface area contributed by atoms with Gasteiger partial charge in [-0.1, -0.05) is 37.2 Å². The fraction of sp³-hybridized carbons (Fsp3) is 0.500. The van der Waals surface area contributed by atoms with Crippen LogP contribution in [0, 0.1) is 11.3 Å². The van der Waals surface area contributed by atoms with Crippen LogP contribution < -0.4 is 9.46 Å². The molecule has 25 heavy (non-hydrogen) atoms. The molecule has 1 aliphatic rings. The summed E-state index contributed by atoms with van der Waals surface area (Å²) in [5.41, 5.74) is 0.769. The molecule has 0 radical (unpaired) electrons. The Kier molecular flexibility index (Phi) is 4.88. The van der Waals surface area contributed by atoms with Crippen LogP contribution in [0.5, 0.6) is 5.75 Å². The van der Waals surface area contributed by atoms with Gasteiger partial charge < -0.3 is 9.26 Å². The van der Waals surface area contributed by atoms with E-state index in [1.165, 1.54) is 6.26 Å². The lowest BCUT2D eigenvalue weighted by atomic mass is 9.57. The summed E-state index contributed by atoms with van der Waals surface area (Å²) in [6, 6.07) is 11.4. The first-order chi connectivity index (χ1) is 11.7. The molecule has 2 aromatic rings. The minimum absolute atomic E-state index is 0.0275. The van der Waals surface area contributed by atoms with Crippen LogP contribution in [0.4, 0.5) is 0 Å². The van der Waals surface area contributed by atoms with Crippen molar-refractivity contribution in [1.82, 2.24) is 9.88 Å². The third kappa shape index (κ3) is 4.41. The first-order valence-corrected chi connectivity index (χ1v) is 10.2. The SMILES string of the molecule is CC1(C)[C@H](Cc2cc(COc3ccccc3)on2)C[C@@H]1NS(C)(=O)=O. The van der Waals surface area contributed by atoms with E-state index in [1.807, 2.05) is 36.4 Å². The average molecular weight is 364 g/mol. The van der Waals surface area contributed by atoms with E-state index in [4.69, 9.17) is 9.26 Å².